The number of anilines is 2. The summed E-state index contributed by atoms with van der Waals surface area (Å²) < 4.78 is 0. The van der Waals surface area contributed by atoms with Crippen molar-refractivity contribution in [3.63, 3.8) is 0 Å². The molecule has 1 amide bonds. The number of benzene rings is 2. The molecule has 2 rings (SSSR count). The third kappa shape index (κ3) is 5.33. The molecule has 0 spiro atoms. The summed E-state index contributed by atoms with van der Waals surface area (Å²) in [6, 6.07) is 17.5. The lowest BCUT2D eigenvalue weighted by Crippen LogP contribution is -3.11. The number of nitriles is 1. The van der Waals surface area contributed by atoms with Crippen LogP contribution < -0.4 is 15.1 Å². The number of hydrogen-bond acceptors (Lipinski definition) is 3. The molecule has 1 unspecified atom stereocenters. The number of hydrogen-bond donors (Lipinski definition) is 2. The van der Waals surface area contributed by atoms with E-state index >= 15 is 0 Å². The van der Waals surface area contributed by atoms with Gasteiger partial charge in [0.1, 0.15) is 12.6 Å². The van der Waals surface area contributed by atoms with Crippen molar-refractivity contribution in [1.82, 2.24) is 0 Å². The second kappa shape index (κ2) is 8.86. The zero-order valence-corrected chi connectivity index (χ0v) is 15.0. The molecule has 0 saturated heterocycles. The molecule has 25 heavy (non-hydrogen) atoms. The van der Waals surface area contributed by atoms with Gasteiger partial charge in [0.2, 0.25) is 0 Å². The Bertz CT molecular complexity index is 747. The molecule has 130 valence electrons. The van der Waals surface area contributed by atoms with Crippen molar-refractivity contribution in [2.45, 2.75) is 13.5 Å². The van der Waals surface area contributed by atoms with Crippen molar-refractivity contribution in [3.8, 4) is 6.07 Å². The average molecular weight is 337 g/mol. The van der Waals surface area contributed by atoms with Gasteiger partial charge in [0, 0.05) is 25.3 Å². The summed E-state index contributed by atoms with van der Waals surface area (Å²) in [5.41, 5.74) is 3.41. The summed E-state index contributed by atoms with van der Waals surface area (Å²) in [5, 5.41) is 12.0. The molecule has 0 aliphatic carbocycles. The van der Waals surface area contributed by atoms with Crippen LogP contribution in [0.5, 0.6) is 0 Å². The molecule has 5 nitrogen and oxygen atoms in total. The van der Waals surface area contributed by atoms with E-state index in [1.54, 1.807) is 18.2 Å². The molecule has 0 fully saturated rings. The van der Waals surface area contributed by atoms with Crippen LogP contribution >= 0.6 is 0 Å². The zero-order valence-electron chi connectivity index (χ0n) is 15.0. The van der Waals surface area contributed by atoms with Gasteiger partial charge in [0.15, 0.2) is 6.54 Å². The number of likely N-dealkylation sites (N-methyl/N-ethyl adjacent to an activating group) is 1. The number of carbonyl (C=O) groups is 1. The highest BCUT2D eigenvalue weighted by molar-refractivity contribution is 5.92. The molecule has 2 aromatic rings. The van der Waals surface area contributed by atoms with E-state index in [1.165, 1.54) is 10.5 Å². The Morgan fingerprint density at radius 1 is 1.16 bits per heavy atom. The number of rotatable bonds is 7. The minimum atomic E-state index is -0.0792. The minimum absolute atomic E-state index is 0.0792. The van der Waals surface area contributed by atoms with Crippen LogP contribution in [0.1, 0.15) is 18.1 Å². The fourth-order valence-corrected chi connectivity index (χ4v) is 2.62. The van der Waals surface area contributed by atoms with E-state index in [1.807, 2.05) is 20.2 Å². The van der Waals surface area contributed by atoms with Crippen LogP contribution in [0.15, 0.2) is 48.5 Å². The Balaban J connectivity index is 1.97. The van der Waals surface area contributed by atoms with Crippen LogP contribution in [-0.4, -0.2) is 33.1 Å². The van der Waals surface area contributed by atoms with E-state index in [4.69, 9.17) is 5.26 Å². The maximum Gasteiger partial charge on any atom is 0.279 e. The molecule has 0 aliphatic rings. The van der Waals surface area contributed by atoms with E-state index in [0.717, 1.165) is 18.8 Å². The first-order valence-electron chi connectivity index (χ1n) is 8.42. The Kier molecular flexibility index (Phi) is 6.55. The van der Waals surface area contributed by atoms with Crippen molar-refractivity contribution in [1.29, 1.82) is 5.26 Å². The molecule has 2 aromatic carbocycles. The van der Waals surface area contributed by atoms with Gasteiger partial charge in [-0.3, -0.25) is 4.79 Å². The first-order valence-corrected chi connectivity index (χ1v) is 8.42. The molecule has 0 radical (unpaired) electrons. The summed E-state index contributed by atoms with van der Waals surface area (Å²) in [7, 11) is 4.03. The highest BCUT2D eigenvalue weighted by atomic mass is 16.2. The second-order valence-electron chi connectivity index (χ2n) is 6.22. The molecular weight excluding hydrogens is 312 g/mol. The number of para-hydroxylation sites is 1. The number of quaternary nitrogens is 1. The Morgan fingerprint density at radius 3 is 2.44 bits per heavy atom. The summed E-state index contributed by atoms with van der Waals surface area (Å²) in [6.07, 6.45) is 0. The highest BCUT2D eigenvalue weighted by Gasteiger charge is 2.14. The van der Waals surface area contributed by atoms with Crippen LogP contribution in [0.3, 0.4) is 0 Å². The lowest BCUT2D eigenvalue weighted by atomic mass is 10.2. The third-order valence-corrected chi connectivity index (χ3v) is 4.14. The van der Waals surface area contributed by atoms with Crippen LogP contribution in [0.2, 0.25) is 0 Å². The number of nitrogens with zero attached hydrogens (tertiary/aromatic N) is 2. The molecular formula is C20H25N4O+. The second-order valence-corrected chi connectivity index (χ2v) is 6.22. The molecule has 0 heterocycles. The van der Waals surface area contributed by atoms with E-state index in [-0.39, 0.29) is 5.91 Å². The average Bonchev–Trinajstić information content (AvgIpc) is 2.62. The van der Waals surface area contributed by atoms with Gasteiger partial charge in [-0.1, -0.05) is 24.3 Å². The third-order valence-electron chi connectivity index (χ3n) is 4.14. The summed E-state index contributed by atoms with van der Waals surface area (Å²) in [4.78, 5) is 15.6. The number of carbonyl (C=O) groups excluding carboxylic acids is 1. The van der Waals surface area contributed by atoms with Gasteiger partial charge in [-0.05, 0) is 31.2 Å². The predicted octanol–water partition coefficient (Wildman–Crippen LogP) is 1.67. The van der Waals surface area contributed by atoms with Crippen LogP contribution in [0, 0.1) is 11.3 Å². The van der Waals surface area contributed by atoms with Crippen molar-refractivity contribution in [2.24, 2.45) is 0 Å². The number of nitrogens with one attached hydrogen (secondary N) is 2. The largest absolute Gasteiger partial charge is 0.378 e. The van der Waals surface area contributed by atoms with Gasteiger partial charge in [-0.15, -0.1) is 0 Å². The van der Waals surface area contributed by atoms with E-state index in [0.29, 0.717) is 17.8 Å². The zero-order chi connectivity index (χ0) is 18.2. The van der Waals surface area contributed by atoms with Crippen LogP contribution in [-0.2, 0) is 11.3 Å². The van der Waals surface area contributed by atoms with E-state index in [2.05, 4.69) is 47.5 Å². The normalized spacial score (nSPS) is 11.4. The Morgan fingerprint density at radius 2 is 1.84 bits per heavy atom. The summed E-state index contributed by atoms with van der Waals surface area (Å²) in [5.74, 6) is -0.0792. The molecule has 0 aromatic heterocycles. The maximum absolute atomic E-state index is 12.3. The molecule has 2 N–H and O–H groups in total. The molecule has 0 saturated carbocycles. The standard InChI is InChI=1S/C20H24N4O/c1-4-24(14-16-9-11-18(12-10-16)23(2)3)15-20(25)22-19-8-6-5-7-17(19)13-21/h5-12H,4,14-15H2,1-3H3,(H,22,25)/p+1. The van der Waals surface area contributed by atoms with Gasteiger partial charge in [0.25, 0.3) is 5.91 Å². The van der Waals surface area contributed by atoms with Crippen molar-refractivity contribution >= 4 is 17.3 Å². The minimum Gasteiger partial charge on any atom is -0.378 e. The molecule has 5 heteroatoms. The van der Waals surface area contributed by atoms with Crippen molar-refractivity contribution < 1.29 is 9.69 Å². The Hall–Kier alpha value is -2.84. The fraction of sp³-hybridized carbons (Fsp3) is 0.300. The Labute approximate surface area is 149 Å². The maximum atomic E-state index is 12.3. The molecule has 1 atom stereocenters. The van der Waals surface area contributed by atoms with Gasteiger partial charge >= 0.3 is 0 Å². The van der Waals surface area contributed by atoms with Crippen LogP contribution in [0.25, 0.3) is 0 Å². The molecule has 0 bridgehead atoms. The lowest BCUT2D eigenvalue weighted by Gasteiger charge is -2.18. The smallest absolute Gasteiger partial charge is 0.279 e. The van der Waals surface area contributed by atoms with E-state index < -0.39 is 0 Å². The SMILES string of the molecule is CC[NH+](CC(=O)Nc1ccccc1C#N)Cc1ccc(N(C)C)cc1. The van der Waals surface area contributed by atoms with Gasteiger partial charge < -0.3 is 15.1 Å². The van der Waals surface area contributed by atoms with Crippen molar-refractivity contribution in [2.75, 3.05) is 37.4 Å². The van der Waals surface area contributed by atoms with Gasteiger partial charge in [-0.25, -0.2) is 0 Å². The van der Waals surface area contributed by atoms with Crippen LogP contribution in [0.4, 0.5) is 11.4 Å². The summed E-state index contributed by atoms with van der Waals surface area (Å²) >= 11 is 0. The topological polar surface area (TPSA) is 60.6 Å². The summed E-state index contributed by atoms with van der Waals surface area (Å²) in [6.45, 7) is 4.08. The van der Waals surface area contributed by atoms with Gasteiger partial charge in [0.05, 0.1) is 17.8 Å². The highest BCUT2D eigenvalue weighted by Crippen LogP contribution is 2.13. The lowest BCUT2D eigenvalue weighted by molar-refractivity contribution is -0.903. The quantitative estimate of drug-likeness (QED) is 0.808. The monoisotopic (exact) mass is 337 g/mol. The van der Waals surface area contributed by atoms with E-state index in [9.17, 15) is 4.79 Å². The number of amides is 1. The van der Waals surface area contributed by atoms with Gasteiger partial charge in [-0.2, -0.15) is 5.26 Å². The molecule has 0 aliphatic heterocycles. The first-order chi connectivity index (χ1) is 12.0. The fourth-order valence-electron chi connectivity index (χ4n) is 2.62. The first kappa shape index (κ1) is 18.5. The predicted molar refractivity (Wildman–Crippen MR) is 101 cm³/mol. The van der Waals surface area contributed by atoms with Crippen molar-refractivity contribution in [3.05, 3.63) is 59.7 Å².